The molecule has 1 atom stereocenters. The Balaban J connectivity index is 1.67. The Bertz CT molecular complexity index is 1130. The lowest BCUT2D eigenvalue weighted by Gasteiger charge is -2.17. The number of para-hydroxylation sites is 1. The molecule has 0 aliphatic heterocycles. The zero-order valence-electron chi connectivity index (χ0n) is 16.7. The summed E-state index contributed by atoms with van der Waals surface area (Å²) in [5.74, 6) is 0.0634. The van der Waals surface area contributed by atoms with Gasteiger partial charge in [0.05, 0.1) is 17.8 Å². The maximum atomic E-state index is 12.3. The van der Waals surface area contributed by atoms with Crippen LogP contribution in [-0.2, 0) is 24.9 Å². The number of fused-ring (bicyclic) bond motifs is 1. The van der Waals surface area contributed by atoms with Crippen LogP contribution < -0.4 is 5.73 Å². The summed E-state index contributed by atoms with van der Waals surface area (Å²) in [5, 5.41) is 10.4. The molecule has 32 heavy (non-hydrogen) atoms. The van der Waals surface area contributed by atoms with E-state index in [4.69, 9.17) is 10.5 Å². The number of nitrogen functional groups attached to an aromatic ring is 1. The molecular weight excluding hydrogens is 474 g/mol. The van der Waals surface area contributed by atoms with Gasteiger partial charge >= 0.3 is 13.8 Å². The van der Waals surface area contributed by atoms with E-state index in [-0.39, 0.29) is 24.8 Å². The average Bonchev–Trinajstić information content (AvgIpc) is 3.14. The van der Waals surface area contributed by atoms with Crippen molar-refractivity contribution >= 4 is 36.5 Å². The van der Waals surface area contributed by atoms with Crippen LogP contribution in [-0.4, -0.2) is 57.5 Å². The van der Waals surface area contributed by atoms with Crippen LogP contribution in [0.25, 0.3) is 11.2 Å². The molecule has 0 fully saturated rings. The van der Waals surface area contributed by atoms with E-state index in [0.717, 1.165) is 18.9 Å². The molecule has 10 nitrogen and oxygen atoms in total. The number of imidazole rings is 1. The summed E-state index contributed by atoms with van der Waals surface area (Å²) in [4.78, 5) is 13.2. The first kappa shape index (κ1) is 24.3. The number of rotatable bonds is 10. The summed E-state index contributed by atoms with van der Waals surface area (Å²) in [7, 11) is -3.07. The number of nitrogens with two attached hydrogens (primary N) is 1. The Morgan fingerprint density at radius 3 is 2.72 bits per heavy atom. The lowest BCUT2D eigenvalue weighted by atomic mass is 10.3. The quantitative estimate of drug-likeness (QED) is 0.245. The van der Waals surface area contributed by atoms with Crippen LogP contribution in [0, 0.1) is 0 Å². The topological polar surface area (TPSA) is 135 Å². The van der Waals surface area contributed by atoms with Crippen LogP contribution in [0.1, 0.15) is 0 Å². The monoisotopic (exact) mass is 493 g/mol. The number of benzene rings is 1. The fourth-order valence-electron chi connectivity index (χ4n) is 2.47. The van der Waals surface area contributed by atoms with Gasteiger partial charge in [0.1, 0.15) is 22.6 Å². The third kappa shape index (κ3) is 6.33. The first-order valence-electron chi connectivity index (χ1n) is 8.98. The molecule has 0 radical (unpaired) electrons. The molecule has 174 valence electrons. The number of ether oxygens (including phenoxy) is 1. The number of hydrogen-bond donors (Lipinski definition) is 2. The van der Waals surface area contributed by atoms with E-state index in [2.05, 4.69) is 24.0 Å². The normalized spacial score (nSPS) is 14.0. The molecule has 3 aromatic rings. The van der Waals surface area contributed by atoms with Crippen LogP contribution in [0.2, 0.25) is 0 Å². The molecule has 15 heteroatoms. The Morgan fingerprint density at radius 2 is 2.03 bits per heavy atom. The predicted octanol–water partition coefficient (Wildman–Crippen LogP) is 3.66. The third-order valence-electron chi connectivity index (χ3n) is 3.95. The van der Waals surface area contributed by atoms with E-state index in [1.807, 2.05) is 0 Å². The second-order valence-electron chi connectivity index (χ2n) is 6.29. The highest BCUT2D eigenvalue weighted by Gasteiger charge is 2.34. The van der Waals surface area contributed by atoms with Gasteiger partial charge in [-0.3, -0.25) is 9.09 Å². The first-order valence-corrected chi connectivity index (χ1v) is 11.5. The van der Waals surface area contributed by atoms with E-state index in [1.165, 1.54) is 12.4 Å². The van der Waals surface area contributed by atoms with Crippen LogP contribution in [0.4, 0.5) is 19.1 Å². The summed E-state index contributed by atoms with van der Waals surface area (Å²) in [6.45, 7) is -1.57. The van der Waals surface area contributed by atoms with Crippen molar-refractivity contribution in [3.05, 3.63) is 30.6 Å². The van der Waals surface area contributed by atoms with E-state index < -0.39 is 26.7 Å². The van der Waals surface area contributed by atoms with Gasteiger partial charge in [-0.2, -0.15) is 18.2 Å². The highest BCUT2D eigenvalue weighted by molar-refractivity contribution is 7.99. The first-order chi connectivity index (χ1) is 15.1. The molecule has 0 saturated carbocycles. The molecule has 1 unspecified atom stereocenters. The SMILES string of the molecule is COP(=O)(COCCn1cnc2c(Sc3ccccc3O)nc(N)nc21)OCC(F)(F)F. The molecular formula is C17H19F3N5O5PS. The molecule has 3 rings (SSSR count). The minimum atomic E-state index is -4.64. The number of halogens is 3. The van der Waals surface area contributed by atoms with Crippen molar-refractivity contribution in [2.45, 2.75) is 22.6 Å². The number of anilines is 1. The van der Waals surface area contributed by atoms with Crippen molar-refractivity contribution in [2.24, 2.45) is 0 Å². The predicted molar refractivity (Wildman–Crippen MR) is 109 cm³/mol. The zero-order chi connectivity index (χ0) is 23.4. The number of alkyl halides is 3. The van der Waals surface area contributed by atoms with Crippen LogP contribution >= 0.6 is 19.4 Å². The number of nitrogens with zero attached hydrogens (tertiary/aromatic N) is 4. The van der Waals surface area contributed by atoms with E-state index in [9.17, 15) is 22.8 Å². The Labute approximate surface area is 184 Å². The lowest BCUT2D eigenvalue weighted by Crippen LogP contribution is -2.17. The minimum Gasteiger partial charge on any atom is -0.507 e. The van der Waals surface area contributed by atoms with Gasteiger partial charge < -0.3 is 24.7 Å². The van der Waals surface area contributed by atoms with Gasteiger partial charge in [-0.15, -0.1) is 0 Å². The number of aromatic hydroxyl groups is 1. The van der Waals surface area contributed by atoms with E-state index in [1.54, 1.807) is 22.8 Å². The molecule has 0 bridgehead atoms. The smallest absolute Gasteiger partial charge is 0.412 e. The van der Waals surface area contributed by atoms with Gasteiger partial charge in [0.25, 0.3) is 0 Å². The molecule has 0 aliphatic carbocycles. The maximum absolute atomic E-state index is 12.3. The molecule has 2 heterocycles. The molecule has 0 amide bonds. The Hall–Kier alpha value is -2.38. The van der Waals surface area contributed by atoms with Gasteiger partial charge in [-0.25, -0.2) is 9.97 Å². The number of hydrogen-bond acceptors (Lipinski definition) is 10. The minimum absolute atomic E-state index is 0.0116. The highest BCUT2D eigenvalue weighted by atomic mass is 32.2. The maximum Gasteiger partial charge on any atom is 0.412 e. The van der Waals surface area contributed by atoms with E-state index in [0.29, 0.717) is 21.1 Å². The Morgan fingerprint density at radius 1 is 1.28 bits per heavy atom. The van der Waals surface area contributed by atoms with Crippen molar-refractivity contribution in [3.63, 3.8) is 0 Å². The number of aromatic nitrogens is 4. The fraction of sp³-hybridized carbons (Fsp3) is 0.353. The van der Waals surface area contributed by atoms with Gasteiger partial charge in [0.15, 0.2) is 12.3 Å². The summed E-state index contributed by atoms with van der Waals surface area (Å²) in [5.41, 5.74) is 6.64. The highest BCUT2D eigenvalue weighted by Crippen LogP contribution is 2.48. The standard InChI is InChI=1S/C17H19F3N5O5PS/c1-28-31(27,30-8-17(18,19)20)10-29-7-6-25-9-22-13-14(25)23-16(21)24-15(13)32-12-5-3-2-4-11(12)26/h2-5,9,26H,6-8,10H2,1H3,(H2,21,23,24). The average molecular weight is 493 g/mol. The number of phenolic OH excluding ortho intramolecular Hbond substituents is 1. The zero-order valence-corrected chi connectivity index (χ0v) is 18.4. The van der Waals surface area contributed by atoms with Crippen LogP contribution in [0.3, 0.4) is 0 Å². The second-order valence-corrected chi connectivity index (χ2v) is 9.42. The molecule has 0 aliphatic rings. The summed E-state index contributed by atoms with van der Waals surface area (Å²) in [6, 6.07) is 6.70. The van der Waals surface area contributed by atoms with Gasteiger partial charge in [-0.1, -0.05) is 23.9 Å². The van der Waals surface area contributed by atoms with Crippen molar-refractivity contribution in [3.8, 4) is 5.75 Å². The van der Waals surface area contributed by atoms with Crippen LogP contribution in [0.15, 0.2) is 40.5 Å². The summed E-state index contributed by atoms with van der Waals surface area (Å²) in [6.07, 6.45) is -3.83. The molecule has 0 saturated heterocycles. The fourth-order valence-corrected chi connectivity index (χ4v) is 4.36. The molecule has 0 spiro atoms. The van der Waals surface area contributed by atoms with Gasteiger partial charge in [0, 0.05) is 13.7 Å². The van der Waals surface area contributed by atoms with Gasteiger partial charge in [0.2, 0.25) is 5.95 Å². The van der Waals surface area contributed by atoms with Crippen molar-refractivity contribution in [2.75, 3.05) is 32.4 Å². The lowest BCUT2D eigenvalue weighted by molar-refractivity contribution is -0.155. The molecule has 3 N–H and O–H groups in total. The molecule has 1 aromatic carbocycles. The van der Waals surface area contributed by atoms with Gasteiger partial charge in [-0.05, 0) is 12.1 Å². The van der Waals surface area contributed by atoms with Crippen molar-refractivity contribution in [1.82, 2.24) is 19.5 Å². The third-order valence-corrected chi connectivity index (χ3v) is 6.57. The van der Waals surface area contributed by atoms with E-state index >= 15 is 0 Å². The second kappa shape index (κ2) is 10.0. The Kier molecular flexibility index (Phi) is 7.62. The largest absolute Gasteiger partial charge is 0.507 e. The van der Waals surface area contributed by atoms with Crippen molar-refractivity contribution < 1.29 is 36.6 Å². The van der Waals surface area contributed by atoms with Crippen molar-refractivity contribution in [1.29, 1.82) is 0 Å². The van der Waals surface area contributed by atoms with Crippen LogP contribution in [0.5, 0.6) is 5.75 Å². The summed E-state index contributed by atoms with van der Waals surface area (Å²) < 4.78 is 64.7. The number of phenols is 1. The summed E-state index contributed by atoms with van der Waals surface area (Å²) >= 11 is 1.16. The molecule has 2 aromatic heterocycles.